The van der Waals surface area contributed by atoms with Gasteiger partial charge in [0.2, 0.25) is 0 Å². The summed E-state index contributed by atoms with van der Waals surface area (Å²) in [6, 6.07) is 21.2. The highest BCUT2D eigenvalue weighted by Crippen LogP contribution is 2.31. The minimum atomic E-state index is -0.105. The maximum absolute atomic E-state index is 12.9. The van der Waals surface area contributed by atoms with Gasteiger partial charge in [0, 0.05) is 0 Å². The summed E-state index contributed by atoms with van der Waals surface area (Å²) in [6.45, 7) is 3.46. The van der Waals surface area contributed by atoms with Gasteiger partial charge in [-0.1, -0.05) is 54.1 Å². The van der Waals surface area contributed by atoms with Crippen LogP contribution in [-0.4, -0.2) is 19.0 Å². The average Bonchev–Trinajstić information content (AvgIpc) is 2.77. The van der Waals surface area contributed by atoms with Gasteiger partial charge in [0.05, 0.1) is 5.56 Å². The lowest BCUT2D eigenvalue weighted by atomic mass is 10.0. The quantitative estimate of drug-likeness (QED) is 0.429. The van der Waals surface area contributed by atoms with E-state index >= 15 is 0 Å². The van der Waals surface area contributed by atoms with Crippen LogP contribution in [0.15, 0.2) is 72.8 Å². The van der Waals surface area contributed by atoms with Gasteiger partial charge < -0.3 is 14.2 Å². The van der Waals surface area contributed by atoms with Crippen molar-refractivity contribution in [1.82, 2.24) is 0 Å². The lowest BCUT2D eigenvalue weighted by molar-refractivity contribution is 0.104. The van der Waals surface area contributed by atoms with Gasteiger partial charge in [-0.25, -0.2) is 0 Å². The van der Waals surface area contributed by atoms with Crippen molar-refractivity contribution < 1.29 is 19.0 Å². The van der Waals surface area contributed by atoms with E-state index in [0.29, 0.717) is 36.9 Å². The molecule has 0 radical (unpaired) electrons. The Hall–Kier alpha value is -3.53. The fourth-order valence-corrected chi connectivity index (χ4v) is 3.12. The van der Waals surface area contributed by atoms with Gasteiger partial charge in [-0.15, -0.1) is 0 Å². The molecule has 29 heavy (non-hydrogen) atoms. The van der Waals surface area contributed by atoms with Crippen LogP contribution in [0.25, 0.3) is 6.08 Å². The van der Waals surface area contributed by atoms with E-state index in [9.17, 15) is 4.79 Å². The number of hydrogen-bond acceptors (Lipinski definition) is 4. The van der Waals surface area contributed by atoms with Crippen molar-refractivity contribution in [2.45, 2.75) is 13.5 Å². The van der Waals surface area contributed by atoms with E-state index in [1.54, 1.807) is 12.2 Å². The number of allylic oxidation sites excluding steroid dienone is 1. The molecular weight excluding hydrogens is 364 g/mol. The molecule has 0 fully saturated rings. The van der Waals surface area contributed by atoms with Crippen LogP contribution < -0.4 is 14.2 Å². The van der Waals surface area contributed by atoms with Crippen molar-refractivity contribution in [3.8, 4) is 17.2 Å². The topological polar surface area (TPSA) is 44.8 Å². The van der Waals surface area contributed by atoms with Crippen LogP contribution in [0.1, 0.15) is 27.0 Å². The largest absolute Gasteiger partial charge is 0.488 e. The van der Waals surface area contributed by atoms with Crippen LogP contribution in [0.3, 0.4) is 0 Å². The van der Waals surface area contributed by atoms with Crippen LogP contribution in [0.4, 0.5) is 0 Å². The first-order valence-electron chi connectivity index (χ1n) is 9.58. The van der Waals surface area contributed by atoms with Crippen molar-refractivity contribution in [3.05, 3.63) is 95.1 Å². The molecule has 0 bridgehead atoms. The van der Waals surface area contributed by atoms with Gasteiger partial charge >= 0.3 is 0 Å². The molecule has 4 heteroatoms. The first kappa shape index (κ1) is 18.8. The molecule has 3 aromatic rings. The van der Waals surface area contributed by atoms with Gasteiger partial charge in [-0.05, 0) is 48.4 Å². The maximum Gasteiger partial charge on any atom is 0.189 e. The molecule has 4 rings (SSSR count). The molecule has 1 aliphatic heterocycles. The first-order valence-corrected chi connectivity index (χ1v) is 9.58. The fraction of sp³-hybridized carbons (Fsp3) is 0.160. The van der Waals surface area contributed by atoms with Crippen molar-refractivity contribution in [2.75, 3.05) is 13.2 Å². The molecule has 0 aromatic heterocycles. The van der Waals surface area contributed by atoms with Crippen molar-refractivity contribution in [2.24, 2.45) is 0 Å². The maximum atomic E-state index is 12.9. The number of ketones is 1. The van der Waals surface area contributed by atoms with E-state index in [1.807, 2.05) is 73.7 Å². The molecule has 0 saturated carbocycles. The lowest BCUT2D eigenvalue weighted by Gasteiger charge is -2.18. The molecule has 0 atom stereocenters. The molecule has 1 heterocycles. The molecule has 0 N–H and O–H groups in total. The average molecular weight is 386 g/mol. The third kappa shape index (κ3) is 4.66. The predicted octanol–water partition coefficient (Wildman–Crippen LogP) is 5.24. The summed E-state index contributed by atoms with van der Waals surface area (Å²) in [5, 5.41) is 0. The van der Waals surface area contributed by atoms with E-state index in [-0.39, 0.29) is 5.78 Å². The van der Waals surface area contributed by atoms with Gasteiger partial charge in [0.25, 0.3) is 0 Å². The number of aryl methyl sites for hydroxylation is 1. The molecule has 1 aliphatic rings. The van der Waals surface area contributed by atoms with E-state index in [4.69, 9.17) is 14.2 Å². The minimum absolute atomic E-state index is 0.105. The van der Waals surface area contributed by atoms with Crippen LogP contribution in [0, 0.1) is 6.92 Å². The zero-order valence-corrected chi connectivity index (χ0v) is 16.3. The van der Waals surface area contributed by atoms with E-state index in [2.05, 4.69) is 0 Å². The Kier molecular flexibility index (Phi) is 5.61. The fourth-order valence-electron chi connectivity index (χ4n) is 3.12. The molecule has 0 spiro atoms. The second-order valence-corrected chi connectivity index (χ2v) is 6.87. The van der Waals surface area contributed by atoms with Crippen LogP contribution in [-0.2, 0) is 6.61 Å². The summed E-state index contributed by atoms with van der Waals surface area (Å²) in [7, 11) is 0. The standard InChI is InChI=1S/C25H22O4/c1-18-7-11-23(29-17-20-5-3-2-4-6-20)21(15-18)22(26)10-8-19-9-12-24-25(16-19)28-14-13-27-24/h2-12,15-16H,13-14,17H2,1H3/b10-8+. The highest BCUT2D eigenvalue weighted by molar-refractivity contribution is 6.08. The highest BCUT2D eigenvalue weighted by atomic mass is 16.6. The van der Waals surface area contributed by atoms with Gasteiger partial charge in [0.15, 0.2) is 17.3 Å². The van der Waals surface area contributed by atoms with Gasteiger partial charge in [0.1, 0.15) is 25.6 Å². The number of ether oxygens (including phenoxy) is 3. The summed E-state index contributed by atoms with van der Waals surface area (Å²) < 4.78 is 17.1. The molecule has 146 valence electrons. The van der Waals surface area contributed by atoms with E-state index in [0.717, 1.165) is 22.4 Å². The molecule has 4 nitrogen and oxygen atoms in total. The number of carbonyl (C=O) groups excluding carboxylic acids is 1. The minimum Gasteiger partial charge on any atom is -0.488 e. The van der Waals surface area contributed by atoms with Crippen LogP contribution >= 0.6 is 0 Å². The smallest absolute Gasteiger partial charge is 0.189 e. The third-order valence-electron chi connectivity index (χ3n) is 4.63. The molecule has 3 aromatic carbocycles. The number of hydrogen-bond donors (Lipinski definition) is 0. The summed E-state index contributed by atoms with van der Waals surface area (Å²) in [5.41, 5.74) is 3.49. The Balaban J connectivity index is 1.51. The zero-order valence-electron chi connectivity index (χ0n) is 16.3. The SMILES string of the molecule is Cc1ccc(OCc2ccccc2)c(C(=O)/C=C/c2ccc3c(c2)OCCO3)c1. The Bertz CT molecular complexity index is 1040. The summed E-state index contributed by atoms with van der Waals surface area (Å²) >= 11 is 0. The number of fused-ring (bicyclic) bond motifs is 1. The Labute approximate surface area is 170 Å². The van der Waals surface area contributed by atoms with Crippen LogP contribution in [0.5, 0.6) is 17.2 Å². The Morgan fingerprint density at radius 1 is 0.966 bits per heavy atom. The Morgan fingerprint density at radius 2 is 1.76 bits per heavy atom. The lowest BCUT2D eigenvalue weighted by Crippen LogP contribution is -2.15. The van der Waals surface area contributed by atoms with Crippen molar-refractivity contribution in [3.63, 3.8) is 0 Å². The second-order valence-electron chi connectivity index (χ2n) is 6.87. The summed E-state index contributed by atoms with van der Waals surface area (Å²) in [5.74, 6) is 1.91. The monoisotopic (exact) mass is 386 g/mol. The molecule has 0 amide bonds. The first-order chi connectivity index (χ1) is 14.2. The van der Waals surface area contributed by atoms with Crippen molar-refractivity contribution in [1.29, 1.82) is 0 Å². The number of carbonyl (C=O) groups is 1. The van der Waals surface area contributed by atoms with Gasteiger partial charge in [-0.2, -0.15) is 0 Å². The molecule has 0 saturated heterocycles. The van der Waals surface area contributed by atoms with E-state index < -0.39 is 0 Å². The van der Waals surface area contributed by atoms with Crippen LogP contribution in [0.2, 0.25) is 0 Å². The highest BCUT2D eigenvalue weighted by Gasteiger charge is 2.13. The summed E-state index contributed by atoms with van der Waals surface area (Å²) in [6.07, 6.45) is 3.35. The van der Waals surface area contributed by atoms with E-state index in [1.165, 1.54) is 0 Å². The van der Waals surface area contributed by atoms with Gasteiger partial charge in [-0.3, -0.25) is 4.79 Å². The van der Waals surface area contributed by atoms with Crippen molar-refractivity contribution >= 4 is 11.9 Å². The second kappa shape index (κ2) is 8.65. The predicted molar refractivity (Wildman–Crippen MR) is 113 cm³/mol. The summed E-state index contributed by atoms with van der Waals surface area (Å²) in [4.78, 5) is 12.9. The number of benzene rings is 3. The number of rotatable bonds is 6. The zero-order chi connectivity index (χ0) is 20.1. The molecule has 0 aliphatic carbocycles. The third-order valence-corrected chi connectivity index (χ3v) is 4.63. The molecular formula is C25H22O4. The Morgan fingerprint density at radius 3 is 2.59 bits per heavy atom. The molecule has 0 unspecified atom stereocenters. The normalized spacial score (nSPS) is 12.7.